The molecule has 1 aliphatic carbocycles. The highest BCUT2D eigenvalue weighted by Gasteiger charge is 2.18. The second-order valence-electron chi connectivity index (χ2n) is 6.32. The summed E-state index contributed by atoms with van der Waals surface area (Å²) in [5, 5.41) is 8.10. The van der Waals surface area contributed by atoms with Crippen LogP contribution >= 0.6 is 0 Å². The Bertz CT molecular complexity index is 844. The van der Waals surface area contributed by atoms with Crippen LogP contribution in [0.2, 0.25) is 0 Å². The molecule has 0 amide bonds. The van der Waals surface area contributed by atoms with E-state index in [-0.39, 0.29) is 0 Å². The van der Waals surface area contributed by atoms with Crippen LogP contribution in [0.25, 0.3) is 5.52 Å². The molecule has 6 heteroatoms. The summed E-state index contributed by atoms with van der Waals surface area (Å²) >= 11 is 0. The number of nitrogens with two attached hydrogens (primary N) is 1. The molecule has 1 aliphatic rings. The Hall–Kier alpha value is -2.50. The number of hydrogen-bond acceptors (Lipinski definition) is 3. The van der Waals surface area contributed by atoms with E-state index >= 15 is 0 Å². The number of nitrogen functional groups attached to an aromatic ring is 1. The van der Waals surface area contributed by atoms with E-state index in [0.29, 0.717) is 0 Å². The number of hydrogen-bond donors (Lipinski definition) is 2. The second kappa shape index (κ2) is 5.61. The predicted molar refractivity (Wildman–Crippen MR) is 90.3 cm³/mol. The van der Waals surface area contributed by atoms with Crippen molar-refractivity contribution in [1.82, 2.24) is 14.2 Å². The molecular formula is C17H23N6+. The topological polar surface area (TPSA) is 64.2 Å². The third kappa shape index (κ3) is 2.54. The Morgan fingerprint density at radius 3 is 3.09 bits per heavy atom. The van der Waals surface area contributed by atoms with Crippen molar-refractivity contribution in [2.45, 2.75) is 32.2 Å². The lowest BCUT2D eigenvalue weighted by Crippen LogP contribution is -2.23. The fraction of sp³-hybridized carbons (Fsp3) is 0.412. The van der Waals surface area contributed by atoms with Gasteiger partial charge in [0.15, 0.2) is 5.82 Å². The van der Waals surface area contributed by atoms with Gasteiger partial charge in [-0.05, 0) is 30.9 Å². The SMILES string of the molecule is C[n+]1ccn(CCCNc2nn3c4c(ccc3c2N)CCC4)c1. The Balaban J connectivity index is 1.46. The standard InChI is InChI=1S/C17H23N6/c1-21-10-11-22(12-21)9-3-8-19-17-16(18)15-7-6-13-4-2-5-14(13)23(15)20-17/h6-7,10-12H,2-5,8-9,18H2,1H3,(H,19,20)/q+1. The molecule has 0 unspecified atom stereocenters. The lowest BCUT2D eigenvalue weighted by Gasteiger charge is -2.02. The normalized spacial score (nSPS) is 13.6. The van der Waals surface area contributed by atoms with Gasteiger partial charge in [-0.1, -0.05) is 6.07 Å². The maximum atomic E-state index is 6.28. The maximum absolute atomic E-state index is 6.28. The molecule has 3 aromatic heterocycles. The van der Waals surface area contributed by atoms with Crippen LogP contribution in [0.15, 0.2) is 30.9 Å². The van der Waals surface area contributed by atoms with Crippen LogP contribution in [0, 0.1) is 0 Å². The van der Waals surface area contributed by atoms with Crippen molar-refractivity contribution in [3.63, 3.8) is 0 Å². The number of nitrogens with zero attached hydrogens (tertiary/aromatic N) is 4. The van der Waals surface area contributed by atoms with E-state index < -0.39 is 0 Å². The van der Waals surface area contributed by atoms with Crippen molar-refractivity contribution < 1.29 is 4.57 Å². The molecule has 0 fully saturated rings. The summed E-state index contributed by atoms with van der Waals surface area (Å²) in [5.41, 5.74) is 10.8. The van der Waals surface area contributed by atoms with E-state index in [1.807, 2.05) is 22.3 Å². The largest absolute Gasteiger partial charge is 0.394 e. The van der Waals surface area contributed by atoms with Gasteiger partial charge in [-0.2, -0.15) is 0 Å². The number of rotatable bonds is 5. The molecule has 6 nitrogen and oxygen atoms in total. The number of pyridine rings is 1. The Labute approximate surface area is 135 Å². The van der Waals surface area contributed by atoms with Crippen molar-refractivity contribution in [2.75, 3.05) is 17.6 Å². The van der Waals surface area contributed by atoms with Crippen LogP contribution in [0.5, 0.6) is 0 Å². The summed E-state index contributed by atoms with van der Waals surface area (Å²) in [6, 6.07) is 4.29. The fourth-order valence-electron chi connectivity index (χ4n) is 3.39. The van der Waals surface area contributed by atoms with E-state index in [9.17, 15) is 0 Å². The van der Waals surface area contributed by atoms with Gasteiger partial charge < -0.3 is 11.1 Å². The fourth-order valence-corrected chi connectivity index (χ4v) is 3.39. The molecule has 0 aromatic carbocycles. The summed E-state index contributed by atoms with van der Waals surface area (Å²) < 4.78 is 6.27. The van der Waals surface area contributed by atoms with Gasteiger partial charge in [0.25, 0.3) is 0 Å². The lowest BCUT2D eigenvalue weighted by molar-refractivity contribution is -0.671. The molecule has 3 heterocycles. The first-order valence-electron chi connectivity index (χ1n) is 8.26. The highest BCUT2D eigenvalue weighted by atomic mass is 15.3. The van der Waals surface area contributed by atoms with Crippen molar-refractivity contribution in [2.24, 2.45) is 7.05 Å². The van der Waals surface area contributed by atoms with Crippen LogP contribution in [0.4, 0.5) is 11.5 Å². The summed E-state index contributed by atoms with van der Waals surface area (Å²) in [7, 11) is 2.03. The van der Waals surface area contributed by atoms with E-state index in [2.05, 4.69) is 34.5 Å². The highest BCUT2D eigenvalue weighted by Crippen LogP contribution is 2.29. The Kier molecular flexibility index (Phi) is 3.44. The first-order chi connectivity index (χ1) is 11.2. The minimum atomic E-state index is 0.757. The summed E-state index contributed by atoms with van der Waals surface area (Å²) in [6.45, 7) is 1.84. The minimum absolute atomic E-state index is 0.757. The third-order valence-corrected chi connectivity index (χ3v) is 4.60. The van der Waals surface area contributed by atoms with E-state index in [1.165, 1.54) is 17.7 Å². The number of aromatic nitrogens is 4. The van der Waals surface area contributed by atoms with Crippen LogP contribution < -0.4 is 15.6 Å². The molecule has 0 atom stereocenters. The molecular weight excluding hydrogens is 288 g/mol. The van der Waals surface area contributed by atoms with Crippen molar-refractivity contribution in [3.8, 4) is 0 Å². The van der Waals surface area contributed by atoms with E-state index in [1.54, 1.807) is 0 Å². The number of imidazole rings is 1. The third-order valence-electron chi connectivity index (χ3n) is 4.60. The molecule has 23 heavy (non-hydrogen) atoms. The average Bonchev–Trinajstić information content (AvgIpc) is 3.23. The van der Waals surface area contributed by atoms with Crippen molar-refractivity contribution >= 4 is 17.0 Å². The van der Waals surface area contributed by atoms with Crippen LogP contribution in [-0.2, 0) is 26.4 Å². The smallest absolute Gasteiger partial charge is 0.243 e. The predicted octanol–water partition coefficient (Wildman–Crippen LogP) is 1.53. The first kappa shape index (κ1) is 14.1. The monoisotopic (exact) mass is 311 g/mol. The van der Waals surface area contributed by atoms with Crippen LogP contribution in [0.3, 0.4) is 0 Å². The quantitative estimate of drug-likeness (QED) is 0.555. The van der Waals surface area contributed by atoms with Gasteiger partial charge in [-0.25, -0.2) is 13.6 Å². The molecule has 0 radical (unpaired) electrons. The lowest BCUT2D eigenvalue weighted by atomic mass is 10.2. The van der Waals surface area contributed by atoms with Crippen molar-refractivity contribution in [3.05, 3.63) is 42.1 Å². The number of anilines is 2. The molecule has 0 aliphatic heterocycles. The molecule has 4 rings (SSSR count). The number of aryl methyl sites for hydroxylation is 4. The number of fused-ring (bicyclic) bond motifs is 3. The van der Waals surface area contributed by atoms with Gasteiger partial charge in [-0.15, -0.1) is 5.10 Å². The summed E-state index contributed by atoms with van der Waals surface area (Å²) in [4.78, 5) is 0. The molecule has 0 saturated heterocycles. The molecule has 3 aromatic rings. The van der Waals surface area contributed by atoms with Gasteiger partial charge in [-0.3, -0.25) is 0 Å². The summed E-state index contributed by atoms with van der Waals surface area (Å²) in [6.07, 6.45) is 10.7. The zero-order chi connectivity index (χ0) is 15.8. The highest BCUT2D eigenvalue weighted by molar-refractivity contribution is 5.81. The molecule has 3 N–H and O–H groups in total. The summed E-state index contributed by atoms with van der Waals surface area (Å²) in [5.74, 6) is 0.809. The molecule has 0 spiro atoms. The van der Waals surface area contributed by atoms with Crippen LogP contribution in [-0.4, -0.2) is 20.7 Å². The van der Waals surface area contributed by atoms with Crippen molar-refractivity contribution in [1.29, 1.82) is 0 Å². The van der Waals surface area contributed by atoms with Crippen LogP contribution in [0.1, 0.15) is 24.1 Å². The van der Waals surface area contributed by atoms with E-state index in [0.717, 1.165) is 49.4 Å². The van der Waals surface area contributed by atoms with Gasteiger partial charge in [0.05, 0.1) is 19.1 Å². The first-order valence-corrected chi connectivity index (χ1v) is 8.26. The average molecular weight is 311 g/mol. The zero-order valence-electron chi connectivity index (χ0n) is 13.5. The second-order valence-corrected chi connectivity index (χ2v) is 6.32. The van der Waals surface area contributed by atoms with Gasteiger partial charge in [0.2, 0.25) is 6.33 Å². The number of nitrogens with one attached hydrogen (secondary N) is 1. The van der Waals surface area contributed by atoms with Gasteiger partial charge >= 0.3 is 0 Å². The van der Waals surface area contributed by atoms with Gasteiger partial charge in [0.1, 0.15) is 18.1 Å². The molecule has 0 saturated carbocycles. The van der Waals surface area contributed by atoms with Gasteiger partial charge in [0, 0.05) is 18.7 Å². The Morgan fingerprint density at radius 1 is 1.35 bits per heavy atom. The molecule has 0 bridgehead atoms. The minimum Gasteiger partial charge on any atom is -0.394 e. The van der Waals surface area contributed by atoms with E-state index in [4.69, 9.17) is 10.8 Å². The molecule has 120 valence electrons. The maximum Gasteiger partial charge on any atom is 0.243 e. The Morgan fingerprint density at radius 2 is 2.26 bits per heavy atom. The zero-order valence-corrected chi connectivity index (χ0v) is 13.5.